The van der Waals surface area contributed by atoms with Gasteiger partial charge in [-0.15, -0.1) is 23.1 Å². The van der Waals surface area contributed by atoms with Gasteiger partial charge in [0.2, 0.25) is 0 Å². The summed E-state index contributed by atoms with van der Waals surface area (Å²) in [7, 11) is 1.61. The Morgan fingerprint density at radius 1 is 1.07 bits per heavy atom. The number of esters is 1. The molecule has 0 unspecified atom stereocenters. The van der Waals surface area contributed by atoms with E-state index in [4.69, 9.17) is 14.2 Å². The molecule has 0 bridgehead atoms. The van der Waals surface area contributed by atoms with E-state index in [2.05, 4.69) is 4.98 Å². The minimum atomic E-state index is -0.351. The molecule has 0 amide bonds. The van der Waals surface area contributed by atoms with E-state index in [1.807, 2.05) is 54.8 Å². The van der Waals surface area contributed by atoms with Gasteiger partial charge in [-0.1, -0.05) is 12.1 Å². The van der Waals surface area contributed by atoms with Crippen LogP contribution < -0.4 is 9.47 Å². The van der Waals surface area contributed by atoms with Crippen molar-refractivity contribution in [1.82, 2.24) is 4.98 Å². The second-order valence-corrected chi connectivity index (χ2v) is 7.88. The quantitative estimate of drug-likeness (QED) is 0.279. The van der Waals surface area contributed by atoms with Gasteiger partial charge in [0.25, 0.3) is 0 Å². The first-order chi connectivity index (χ1) is 13.7. The summed E-state index contributed by atoms with van der Waals surface area (Å²) in [5.74, 6) is 1.83. The molecule has 0 fully saturated rings. The summed E-state index contributed by atoms with van der Waals surface area (Å²) in [5, 5.41) is 3.08. The van der Waals surface area contributed by atoms with E-state index in [9.17, 15) is 4.79 Å². The van der Waals surface area contributed by atoms with Crippen molar-refractivity contribution in [3.63, 3.8) is 0 Å². The molecule has 0 spiro atoms. The van der Waals surface area contributed by atoms with Gasteiger partial charge < -0.3 is 14.2 Å². The number of ether oxygens (including phenoxy) is 3. The molecule has 0 aliphatic carbocycles. The number of carbonyl (C=O) groups excluding carboxylic acids is 1. The largest absolute Gasteiger partial charge is 0.497 e. The summed E-state index contributed by atoms with van der Waals surface area (Å²) in [5.41, 5.74) is 1.58. The molecule has 28 heavy (non-hydrogen) atoms. The van der Waals surface area contributed by atoms with E-state index in [1.165, 1.54) is 0 Å². The Hall–Kier alpha value is -2.51. The number of rotatable bonds is 9. The maximum Gasteiger partial charge on any atom is 0.339 e. The van der Waals surface area contributed by atoms with Crippen LogP contribution in [0, 0.1) is 6.92 Å². The molecule has 146 valence electrons. The van der Waals surface area contributed by atoms with Crippen molar-refractivity contribution in [3.05, 3.63) is 70.2 Å². The molecule has 0 atom stereocenters. The lowest BCUT2D eigenvalue weighted by atomic mass is 10.2. The van der Waals surface area contributed by atoms with Crippen LogP contribution in [0.1, 0.15) is 21.1 Å². The monoisotopic (exact) mass is 415 g/mol. The highest BCUT2D eigenvalue weighted by atomic mass is 32.2. The Kier molecular flexibility index (Phi) is 7.33. The van der Waals surface area contributed by atoms with Gasteiger partial charge in [0.1, 0.15) is 24.7 Å². The Morgan fingerprint density at radius 2 is 1.82 bits per heavy atom. The number of hydrogen-bond donors (Lipinski definition) is 0. The van der Waals surface area contributed by atoms with E-state index in [-0.39, 0.29) is 19.2 Å². The van der Waals surface area contributed by atoms with Crippen LogP contribution in [0.3, 0.4) is 0 Å². The molecule has 0 saturated heterocycles. The van der Waals surface area contributed by atoms with E-state index in [0.29, 0.717) is 11.3 Å². The highest BCUT2D eigenvalue weighted by molar-refractivity contribution is 7.98. The molecular formula is C21H21NO4S2. The number of benzene rings is 2. The van der Waals surface area contributed by atoms with E-state index >= 15 is 0 Å². The van der Waals surface area contributed by atoms with Gasteiger partial charge in [-0.05, 0) is 43.3 Å². The van der Waals surface area contributed by atoms with Gasteiger partial charge in [0.15, 0.2) is 0 Å². The van der Waals surface area contributed by atoms with Crippen LogP contribution in [-0.4, -0.2) is 31.3 Å². The number of methoxy groups -OCH3 is 1. The van der Waals surface area contributed by atoms with E-state index in [0.717, 1.165) is 27.1 Å². The first kappa shape index (κ1) is 20.2. The van der Waals surface area contributed by atoms with Crippen LogP contribution in [0.4, 0.5) is 0 Å². The van der Waals surface area contributed by atoms with Crippen molar-refractivity contribution in [1.29, 1.82) is 0 Å². The van der Waals surface area contributed by atoms with Gasteiger partial charge in [-0.2, -0.15) is 0 Å². The summed E-state index contributed by atoms with van der Waals surface area (Å²) >= 11 is 3.21. The zero-order valence-electron chi connectivity index (χ0n) is 15.7. The highest BCUT2D eigenvalue weighted by Gasteiger charge is 2.13. The summed E-state index contributed by atoms with van der Waals surface area (Å²) < 4.78 is 16.1. The fourth-order valence-corrected chi connectivity index (χ4v) is 4.08. The van der Waals surface area contributed by atoms with Gasteiger partial charge >= 0.3 is 5.97 Å². The van der Waals surface area contributed by atoms with Crippen molar-refractivity contribution in [2.75, 3.05) is 20.3 Å². The second-order valence-electron chi connectivity index (χ2n) is 5.80. The molecule has 0 saturated carbocycles. The lowest BCUT2D eigenvalue weighted by Gasteiger charge is -2.10. The van der Waals surface area contributed by atoms with Crippen LogP contribution in [-0.2, 0) is 10.5 Å². The lowest BCUT2D eigenvalue weighted by molar-refractivity contribution is 0.0446. The molecule has 0 aliphatic heterocycles. The fourth-order valence-electron chi connectivity index (χ4n) is 2.43. The molecular weight excluding hydrogens is 394 g/mol. The summed E-state index contributed by atoms with van der Waals surface area (Å²) in [4.78, 5) is 17.8. The topological polar surface area (TPSA) is 57.7 Å². The second kappa shape index (κ2) is 10.1. The molecule has 1 aromatic heterocycles. The predicted molar refractivity (Wildman–Crippen MR) is 112 cm³/mol. The van der Waals surface area contributed by atoms with Gasteiger partial charge in [-0.25, -0.2) is 9.78 Å². The molecule has 0 N–H and O–H groups in total. The highest BCUT2D eigenvalue weighted by Crippen LogP contribution is 2.27. The number of carbonyl (C=O) groups is 1. The summed E-state index contributed by atoms with van der Waals surface area (Å²) in [6.07, 6.45) is 0. The first-order valence-electron chi connectivity index (χ1n) is 8.72. The minimum absolute atomic E-state index is 0.176. The van der Waals surface area contributed by atoms with Crippen LogP contribution in [0.15, 0.2) is 58.8 Å². The van der Waals surface area contributed by atoms with Crippen molar-refractivity contribution in [2.45, 2.75) is 17.6 Å². The zero-order valence-corrected chi connectivity index (χ0v) is 17.3. The van der Waals surface area contributed by atoms with Crippen LogP contribution in [0.5, 0.6) is 11.5 Å². The molecule has 5 nitrogen and oxygen atoms in total. The average Bonchev–Trinajstić information content (AvgIpc) is 3.15. The minimum Gasteiger partial charge on any atom is -0.497 e. The number of aromatic nitrogens is 1. The Labute approximate surface area is 172 Å². The van der Waals surface area contributed by atoms with Gasteiger partial charge in [0, 0.05) is 16.0 Å². The van der Waals surface area contributed by atoms with Crippen LogP contribution in [0.25, 0.3) is 0 Å². The third kappa shape index (κ3) is 5.74. The molecule has 2 aromatic carbocycles. The number of thioether (sulfide) groups is 1. The number of hydrogen-bond acceptors (Lipinski definition) is 7. The molecule has 0 radical (unpaired) electrons. The molecule has 7 heteroatoms. The zero-order chi connectivity index (χ0) is 19.8. The third-order valence-corrected chi connectivity index (χ3v) is 5.72. The summed E-state index contributed by atoms with van der Waals surface area (Å²) in [6, 6.07) is 14.7. The van der Waals surface area contributed by atoms with E-state index < -0.39 is 0 Å². The van der Waals surface area contributed by atoms with Crippen LogP contribution >= 0.6 is 23.1 Å². The van der Waals surface area contributed by atoms with Crippen molar-refractivity contribution < 1.29 is 19.0 Å². The number of thiazole rings is 1. The fraction of sp³-hybridized carbons (Fsp3) is 0.238. The van der Waals surface area contributed by atoms with Crippen LogP contribution in [0.2, 0.25) is 0 Å². The Morgan fingerprint density at radius 3 is 2.54 bits per heavy atom. The van der Waals surface area contributed by atoms with Crippen molar-refractivity contribution >= 4 is 29.1 Å². The molecule has 0 aliphatic rings. The Balaban J connectivity index is 1.49. The SMILES string of the molecule is COc1ccc(OCCOC(=O)c2ccccc2SCc2csc(C)n2)cc1. The maximum absolute atomic E-state index is 12.5. The molecule has 3 rings (SSSR count). The Bertz CT molecular complexity index is 909. The maximum atomic E-state index is 12.5. The van der Waals surface area contributed by atoms with Crippen molar-refractivity contribution in [3.8, 4) is 11.5 Å². The summed E-state index contributed by atoms with van der Waals surface area (Å²) in [6.45, 7) is 2.44. The average molecular weight is 416 g/mol. The number of aryl methyl sites for hydroxylation is 1. The van der Waals surface area contributed by atoms with Crippen molar-refractivity contribution in [2.24, 2.45) is 0 Å². The number of nitrogens with zero attached hydrogens (tertiary/aromatic N) is 1. The first-order valence-corrected chi connectivity index (χ1v) is 10.6. The third-order valence-electron chi connectivity index (χ3n) is 3.79. The van der Waals surface area contributed by atoms with Gasteiger partial charge in [0.05, 0.1) is 23.4 Å². The standard InChI is InChI=1S/C21H21NO4S2/c1-15-22-16(13-27-15)14-28-20-6-4-3-5-19(20)21(23)26-12-11-25-18-9-7-17(24-2)8-10-18/h3-10,13H,11-12,14H2,1-2H3. The predicted octanol–water partition coefficient (Wildman–Crippen LogP) is 4.99. The normalized spacial score (nSPS) is 10.5. The van der Waals surface area contributed by atoms with E-state index in [1.54, 1.807) is 36.3 Å². The molecule has 1 heterocycles. The lowest BCUT2D eigenvalue weighted by Crippen LogP contribution is -2.13. The van der Waals surface area contributed by atoms with Gasteiger partial charge in [-0.3, -0.25) is 0 Å². The smallest absolute Gasteiger partial charge is 0.339 e. The molecule has 3 aromatic rings.